The Balaban J connectivity index is 2.95. The molecule has 0 bridgehead atoms. The summed E-state index contributed by atoms with van der Waals surface area (Å²) in [6.45, 7) is 1.48. The second-order valence-corrected chi connectivity index (χ2v) is 3.20. The average Bonchev–Trinajstić information content (AvgIpc) is 2.03. The number of hydrogen-bond donors (Lipinski definition) is 2. The van der Waals surface area contributed by atoms with Crippen molar-refractivity contribution < 1.29 is 4.79 Å². The van der Waals surface area contributed by atoms with Crippen LogP contribution >= 0.6 is 12.6 Å². The highest BCUT2D eigenvalue weighted by Crippen LogP contribution is 2.15. The molecule has 3 heteroatoms. The van der Waals surface area contributed by atoms with Gasteiger partial charge < -0.3 is 5.73 Å². The number of hydrogen-bond acceptors (Lipinski definition) is 3. The van der Waals surface area contributed by atoms with Crippen molar-refractivity contribution in [3.05, 3.63) is 29.8 Å². The normalized spacial score (nSPS) is 12.6. The van der Waals surface area contributed by atoms with Crippen molar-refractivity contribution >= 4 is 18.4 Å². The standard InChI is InChI=1S/C9H11NOS/c1-6(11)9(10)7-3-2-4-8(12)5-7/h2-5,9,12H,10H2,1H3. The summed E-state index contributed by atoms with van der Waals surface area (Å²) >= 11 is 4.15. The SMILES string of the molecule is CC(=O)C(N)c1cccc(S)c1. The van der Waals surface area contributed by atoms with E-state index in [1.807, 2.05) is 18.2 Å². The smallest absolute Gasteiger partial charge is 0.150 e. The number of thiol groups is 1. The van der Waals surface area contributed by atoms with Crippen molar-refractivity contribution in [2.24, 2.45) is 5.73 Å². The molecule has 0 aliphatic heterocycles. The van der Waals surface area contributed by atoms with Gasteiger partial charge in [0.1, 0.15) is 0 Å². The van der Waals surface area contributed by atoms with Crippen LogP contribution in [0.4, 0.5) is 0 Å². The van der Waals surface area contributed by atoms with Gasteiger partial charge in [-0.25, -0.2) is 0 Å². The molecule has 0 aromatic heterocycles. The molecule has 1 atom stereocenters. The molecule has 2 nitrogen and oxygen atoms in total. The molecule has 0 aliphatic carbocycles. The van der Waals surface area contributed by atoms with Gasteiger partial charge in [-0.2, -0.15) is 0 Å². The van der Waals surface area contributed by atoms with Gasteiger partial charge in [0.15, 0.2) is 5.78 Å². The fraction of sp³-hybridized carbons (Fsp3) is 0.222. The molecule has 0 heterocycles. The summed E-state index contributed by atoms with van der Waals surface area (Å²) in [6.07, 6.45) is 0. The summed E-state index contributed by atoms with van der Waals surface area (Å²) in [5.41, 5.74) is 6.44. The fourth-order valence-electron chi connectivity index (χ4n) is 0.953. The highest BCUT2D eigenvalue weighted by Gasteiger charge is 2.09. The predicted octanol–water partition coefficient (Wildman–Crippen LogP) is 1.56. The maximum Gasteiger partial charge on any atom is 0.150 e. The highest BCUT2D eigenvalue weighted by atomic mass is 32.1. The molecule has 64 valence electrons. The van der Waals surface area contributed by atoms with Crippen LogP contribution in [0.3, 0.4) is 0 Å². The lowest BCUT2D eigenvalue weighted by Gasteiger charge is -2.07. The van der Waals surface area contributed by atoms with Crippen molar-refractivity contribution in [2.75, 3.05) is 0 Å². The molecule has 0 saturated heterocycles. The summed E-state index contributed by atoms with van der Waals surface area (Å²) < 4.78 is 0. The molecular formula is C9H11NOS. The molecule has 1 unspecified atom stereocenters. The van der Waals surface area contributed by atoms with Crippen LogP contribution in [0.2, 0.25) is 0 Å². The van der Waals surface area contributed by atoms with E-state index in [-0.39, 0.29) is 5.78 Å². The van der Waals surface area contributed by atoms with Crippen molar-refractivity contribution in [1.29, 1.82) is 0 Å². The molecule has 1 aromatic rings. The van der Waals surface area contributed by atoms with Crippen molar-refractivity contribution in [3.8, 4) is 0 Å². The van der Waals surface area contributed by atoms with Gasteiger partial charge in [0, 0.05) is 4.90 Å². The first-order valence-corrected chi connectivity index (χ1v) is 4.11. The summed E-state index contributed by atoms with van der Waals surface area (Å²) in [6, 6.07) is 6.79. The van der Waals surface area contributed by atoms with Crippen LogP contribution in [-0.2, 0) is 4.79 Å². The molecular weight excluding hydrogens is 170 g/mol. The lowest BCUT2D eigenvalue weighted by Crippen LogP contribution is -2.18. The van der Waals surface area contributed by atoms with Gasteiger partial charge in [0.2, 0.25) is 0 Å². The van der Waals surface area contributed by atoms with Crippen LogP contribution in [0.5, 0.6) is 0 Å². The van der Waals surface area contributed by atoms with Gasteiger partial charge in [-0.05, 0) is 24.6 Å². The third-order valence-corrected chi connectivity index (χ3v) is 1.95. The van der Waals surface area contributed by atoms with Crippen LogP contribution in [0, 0.1) is 0 Å². The third kappa shape index (κ3) is 2.09. The van der Waals surface area contributed by atoms with Gasteiger partial charge >= 0.3 is 0 Å². The van der Waals surface area contributed by atoms with Crippen LogP contribution in [-0.4, -0.2) is 5.78 Å². The Kier molecular flexibility index (Phi) is 2.89. The van der Waals surface area contributed by atoms with Crippen LogP contribution in [0.25, 0.3) is 0 Å². The topological polar surface area (TPSA) is 43.1 Å². The zero-order valence-corrected chi connectivity index (χ0v) is 7.71. The Morgan fingerprint density at radius 3 is 2.75 bits per heavy atom. The fourth-order valence-corrected chi connectivity index (χ4v) is 1.19. The maximum absolute atomic E-state index is 10.9. The summed E-state index contributed by atoms with van der Waals surface area (Å²) in [5, 5.41) is 0. The van der Waals surface area contributed by atoms with E-state index in [2.05, 4.69) is 12.6 Å². The number of rotatable bonds is 2. The van der Waals surface area contributed by atoms with Crippen LogP contribution < -0.4 is 5.73 Å². The Bertz CT molecular complexity index is 298. The first kappa shape index (κ1) is 9.29. The van der Waals surface area contributed by atoms with Crippen LogP contribution in [0.1, 0.15) is 18.5 Å². The lowest BCUT2D eigenvalue weighted by atomic mass is 10.1. The van der Waals surface area contributed by atoms with Gasteiger partial charge in [-0.3, -0.25) is 4.79 Å². The summed E-state index contributed by atoms with van der Waals surface area (Å²) in [4.78, 5) is 11.7. The number of Topliss-reactive ketones (excluding diaryl/α,β-unsaturated/α-hetero) is 1. The molecule has 1 rings (SSSR count). The molecule has 0 saturated carbocycles. The van der Waals surface area contributed by atoms with Gasteiger partial charge in [0.05, 0.1) is 6.04 Å². The Hall–Kier alpha value is -0.800. The average molecular weight is 181 g/mol. The quantitative estimate of drug-likeness (QED) is 0.680. The summed E-state index contributed by atoms with van der Waals surface area (Å²) in [5.74, 6) is -0.0334. The number of benzene rings is 1. The third-order valence-electron chi connectivity index (χ3n) is 1.67. The number of nitrogens with two attached hydrogens (primary N) is 1. The van der Waals surface area contributed by atoms with E-state index in [0.717, 1.165) is 10.5 Å². The summed E-state index contributed by atoms with van der Waals surface area (Å²) in [7, 11) is 0. The lowest BCUT2D eigenvalue weighted by molar-refractivity contribution is -0.118. The molecule has 0 fully saturated rings. The van der Waals surface area contributed by atoms with Gasteiger partial charge in [0.25, 0.3) is 0 Å². The van der Waals surface area contributed by atoms with E-state index in [9.17, 15) is 4.79 Å². The maximum atomic E-state index is 10.9. The van der Waals surface area contributed by atoms with Crippen molar-refractivity contribution in [3.63, 3.8) is 0 Å². The minimum Gasteiger partial charge on any atom is -0.318 e. The Labute approximate surface area is 77.2 Å². The highest BCUT2D eigenvalue weighted by molar-refractivity contribution is 7.80. The van der Waals surface area contributed by atoms with Gasteiger partial charge in [-0.15, -0.1) is 12.6 Å². The van der Waals surface area contributed by atoms with E-state index < -0.39 is 6.04 Å². The number of carbonyl (C=O) groups excluding carboxylic acids is 1. The molecule has 0 amide bonds. The van der Waals surface area contributed by atoms with E-state index in [1.54, 1.807) is 6.07 Å². The first-order chi connectivity index (χ1) is 5.61. The van der Waals surface area contributed by atoms with E-state index in [0.29, 0.717) is 0 Å². The van der Waals surface area contributed by atoms with Gasteiger partial charge in [-0.1, -0.05) is 12.1 Å². The van der Waals surface area contributed by atoms with E-state index >= 15 is 0 Å². The largest absolute Gasteiger partial charge is 0.318 e. The van der Waals surface area contributed by atoms with E-state index in [4.69, 9.17) is 5.73 Å². The first-order valence-electron chi connectivity index (χ1n) is 3.66. The molecule has 0 aliphatic rings. The zero-order chi connectivity index (χ0) is 9.14. The molecule has 0 radical (unpaired) electrons. The molecule has 12 heavy (non-hydrogen) atoms. The minimum absolute atomic E-state index is 0.0334. The second-order valence-electron chi connectivity index (χ2n) is 2.68. The van der Waals surface area contributed by atoms with Crippen LogP contribution in [0.15, 0.2) is 29.2 Å². The number of carbonyl (C=O) groups is 1. The number of ketones is 1. The monoisotopic (exact) mass is 181 g/mol. The molecule has 0 spiro atoms. The molecule has 1 aromatic carbocycles. The molecule has 2 N–H and O–H groups in total. The Morgan fingerprint density at radius 2 is 2.25 bits per heavy atom. The second kappa shape index (κ2) is 3.74. The minimum atomic E-state index is -0.517. The zero-order valence-electron chi connectivity index (χ0n) is 6.82. The van der Waals surface area contributed by atoms with E-state index in [1.165, 1.54) is 6.92 Å². The van der Waals surface area contributed by atoms with Crippen molar-refractivity contribution in [2.45, 2.75) is 17.9 Å². The predicted molar refractivity (Wildman–Crippen MR) is 51.3 cm³/mol. The Morgan fingerprint density at radius 1 is 1.58 bits per heavy atom. The van der Waals surface area contributed by atoms with Crippen molar-refractivity contribution in [1.82, 2.24) is 0 Å².